The fourth-order valence-corrected chi connectivity index (χ4v) is 2.11. The summed E-state index contributed by atoms with van der Waals surface area (Å²) >= 11 is 0. The molecule has 0 unspecified atom stereocenters. The third-order valence-corrected chi connectivity index (χ3v) is 3.42. The number of hydrogen-bond donors (Lipinski definition) is 0. The molecule has 1 saturated heterocycles. The maximum atomic E-state index is 3.97. The highest BCUT2D eigenvalue weighted by atomic mass is 15.3. The van der Waals surface area contributed by atoms with Crippen molar-refractivity contribution < 1.29 is 0 Å². The van der Waals surface area contributed by atoms with Crippen LogP contribution in [0.3, 0.4) is 0 Å². The molecule has 0 saturated carbocycles. The second-order valence-corrected chi connectivity index (χ2v) is 4.96. The highest BCUT2D eigenvalue weighted by molar-refractivity contribution is 5.11. The minimum absolute atomic E-state index is 1.02. The topological polar surface area (TPSA) is 6.48 Å². The first-order valence-electron chi connectivity index (χ1n) is 6.71. The van der Waals surface area contributed by atoms with Crippen molar-refractivity contribution in [3.8, 4) is 0 Å². The molecule has 0 amide bonds. The van der Waals surface area contributed by atoms with Crippen LogP contribution in [0, 0.1) is 0 Å². The van der Waals surface area contributed by atoms with Crippen LogP contribution in [0.4, 0.5) is 0 Å². The molecular weight excluding hydrogens is 220 g/mol. The maximum absolute atomic E-state index is 3.97. The third-order valence-electron chi connectivity index (χ3n) is 3.42. The molecule has 0 aromatic rings. The lowest BCUT2D eigenvalue weighted by molar-refractivity contribution is 0.0883. The van der Waals surface area contributed by atoms with Gasteiger partial charge in [-0.15, -0.1) is 0 Å². The van der Waals surface area contributed by atoms with Crippen LogP contribution in [0.5, 0.6) is 0 Å². The summed E-state index contributed by atoms with van der Waals surface area (Å²) in [7, 11) is 0. The predicted octanol–water partition coefficient (Wildman–Crippen LogP) is 3.22. The van der Waals surface area contributed by atoms with E-state index in [0.717, 1.165) is 43.7 Å². The first-order valence-corrected chi connectivity index (χ1v) is 6.71. The van der Waals surface area contributed by atoms with Crippen LogP contribution in [0.2, 0.25) is 0 Å². The van der Waals surface area contributed by atoms with Crippen molar-refractivity contribution in [1.29, 1.82) is 0 Å². The Balaban J connectivity index is 2.27. The number of nitrogens with zero attached hydrogens (tertiary/aromatic N) is 2. The van der Waals surface area contributed by atoms with E-state index in [1.807, 2.05) is 12.2 Å². The van der Waals surface area contributed by atoms with E-state index < -0.39 is 0 Å². The largest absolute Gasteiger partial charge is 0.290 e. The van der Waals surface area contributed by atoms with Crippen molar-refractivity contribution in [1.82, 2.24) is 9.80 Å². The quantitative estimate of drug-likeness (QED) is 0.607. The average molecular weight is 246 g/mol. The SMILES string of the molecule is C=CC(=C)CCN1CCCN(CCC(=C)C=C)C1. The van der Waals surface area contributed by atoms with Crippen molar-refractivity contribution >= 4 is 0 Å². The molecule has 0 bridgehead atoms. The number of hydrogen-bond acceptors (Lipinski definition) is 2. The molecule has 1 fully saturated rings. The van der Waals surface area contributed by atoms with Gasteiger partial charge < -0.3 is 0 Å². The summed E-state index contributed by atoms with van der Waals surface area (Å²) in [5.74, 6) is 0. The Morgan fingerprint density at radius 1 is 0.889 bits per heavy atom. The molecule has 1 rings (SSSR count). The molecule has 1 aliphatic heterocycles. The second kappa shape index (κ2) is 8.06. The van der Waals surface area contributed by atoms with E-state index in [1.54, 1.807) is 0 Å². The van der Waals surface area contributed by atoms with Crippen LogP contribution in [-0.4, -0.2) is 42.6 Å². The minimum Gasteiger partial charge on any atom is -0.290 e. The van der Waals surface area contributed by atoms with Crippen LogP contribution < -0.4 is 0 Å². The molecule has 0 radical (unpaired) electrons. The fraction of sp³-hybridized carbons (Fsp3) is 0.500. The Bertz CT molecular complexity index is 287. The van der Waals surface area contributed by atoms with E-state index in [4.69, 9.17) is 0 Å². The highest BCUT2D eigenvalue weighted by Gasteiger charge is 2.16. The van der Waals surface area contributed by atoms with Gasteiger partial charge in [0.15, 0.2) is 0 Å². The number of rotatable bonds is 8. The predicted molar refractivity (Wildman–Crippen MR) is 80.5 cm³/mol. The lowest BCUT2D eigenvalue weighted by Gasteiger charge is -2.35. The summed E-state index contributed by atoms with van der Waals surface area (Å²) in [5, 5.41) is 0. The van der Waals surface area contributed by atoms with Gasteiger partial charge in [0.25, 0.3) is 0 Å². The second-order valence-electron chi connectivity index (χ2n) is 4.96. The van der Waals surface area contributed by atoms with Gasteiger partial charge in [0.1, 0.15) is 0 Å². The molecule has 2 heteroatoms. The van der Waals surface area contributed by atoms with Gasteiger partial charge in [0.05, 0.1) is 6.67 Å². The fourth-order valence-electron chi connectivity index (χ4n) is 2.11. The van der Waals surface area contributed by atoms with Gasteiger partial charge in [-0.1, -0.05) is 49.6 Å². The molecule has 0 atom stereocenters. The van der Waals surface area contributed by atoms with Gasteiger partial charge in [0.2, 0.25) is 0 Å². The first-order chi connectivity index (χ1) is 8.65. The van der Waals surface area contributed by atoms with E-state index >= 15 is 0 Å². The summed E-state index contributed by atoms with van der Waals surface area (Å²) in [6.45, 7) is 21.1. The van der Waals surface area contributed by atoms with Crippen molar-refractivity contribution in [2.45, 2.75) is 19.3 Å². The van der Waals surface area contributed by atoms with Gasteiger partial charge in [-0.2, -0.15) is 0 Å². The zero-order valence-corrected chi connectivity index (χ0v) is 11.5. The monoisotopic (exact) mass is 246 g/mol. The van der Waals surface area contributed by atoms with Crippen LogP contribution in [0.1, 0.15) is 19.3 Å². The zero-order chi connectivity index (χ0) is 13.4. The van der Waals surface area contributed by atoms with E-state index in [1.165, 1.54) is 19.5 Å². The molecule has 0 aromatic carbocycles. The minimum atomic E-state index is 1.02. The normalized spacial score (nSPS) is 17.3. The Kier molecular flexibility index (Phi) is 6.69. The van der Waals surface area contributed by atoms with Gasteiger partial charge in [-0.3, -0.25) is 9.80 Å². The Labute approximate surface area is 112 Å². The summed E-state index contributed by atoms with van der Waals surface area (Å²) < 4.78 is 0. The molecule has 0 aromatic heterocycles. The molecule has 0 N–H and O–H groups in total. The lowest BCUT2D eigenvalue weighted by Crippen LogP contribution is -2.45. The summed E-state index contributed by atoms with van der Waals surface area (Å²) in [4.78, 5) is 4.99. The summed E-state index contributed by atoms with van der Waals surface area (Å²) in [6.07, 6.45) is 7.01. The maximum Gasteiger partial charge on any atom is 0.0506 e. The molecule has 18 heavy (non-hydrogen) atoms. The van der Waals surface area contributed by atoms with E-state index in [-0.39, 0.29) is 0 Å². The molecule has 1 heterocycles. The van der Waals surface area contributed by atoms with E-state index in [9.17, 15) is 0 Å². The van der Waals surface area contributed by atoms with Gasteiger partial charge in [-0.25, -0.2) is 0 Å². The smallest absolute Gasteiger partial charge is 0.0506 e. The van der Waals surface area contributed by atoms with Gasteiger partial charge in [0, 0.05) is 26.2 Å². The standard InChI is InChI=1S/C16H26N2/c1-5-15(3)8-12-17-10-7-11-18(14-17)13-9-16(4)6-2/h5-6H,1-4,7-14H2. The average Bonchev–Trinajstić information content (AvgIpc) is 2.42. The molecule has 0 aliphatic carbocycles. The van der Waals surface area contributed by atoms with Crippen molar-refractivity contribution in [3.05, 3.63) is 49.6 Å². The van der Waals surface area contributed by atoms with Crippen molar-refractivity contribution in [3.63, 3.8) is 0 Å². The molecule has 0 spiro atoms. The molecule has 100 valence electrons. The Hall–Kier alpha value is -1.12. The molecule has 1 aliphatic rings. The zero-order valence-electron chi connectivity index (χ0n) is 11.5. The highest BCUT2D eigenvalue weighted by Crippen LogP contribution is 2.11. The van der Waals surface area contributed by atoms with Crippen LogP contribution in [0.15, 0.2) is 49.6 Å². The summed E-state index contributed by atoms with van der Waals surface area (Å²) in [6, 6.07) is 0. The first kappa shape index (κ1) is 14.9. The Morgan fingerprint density at radius 3 is 1.72 bits per heavy atom. The van der Waals surface area contributed by atoms with Crippen molar-refractivity contribution in [2.75, 3.05) is 32.8 Å². The number of allylic oxidation sites excluding steroid dienone is 2. The lowest BCUT2D eigenvalue weighted by atomic mass is 10.1. The Morgan fingerprint density at radius 2 is 1.33 bits per heavy atom. The van der Waals surface area contributed by atoms with Gasteiger partial charge in [-0.05, 0) is 19.3 Å². The molecule has 2 nitrogen and oxygen atoms in total. The third kappa shape index (κ3) is 5.48. The van der Waals surface area contributed by atoms with Crippen LogP contribution in [-0.2, 0) is 0 Å². The van der Waals surface area contributed by atoms with E-state index in [0.29, 0.717) is 0 Å². The van der Waals surface area contributed by atoms with Crippen molar-refractivity contribution in [2.24, 2.45) is 0 Å². The summed E-state index contributed by atoms with van der Waals surface area (Å²) in [5.41, 5.74) is 2.26. The van der Waals surface area contributed by atoms with E-state index in [2.05, 4.69) is 36.1 Å². The van der Waals surface area contributed by atoms with Crippen LogP contribution >= 0.6 is 0 Å². The van der Waals surface area contributed by atoms with Crippen LogP contribution in [0.25, 0.3) is 0 Å². The molecular formula is C16H26N2. The van der Waals surface area contributed by atoms with Gasteiger partial charge >= 0.3 is 0 Å².